The smallest absolute Gasteiger partial charge is 0.334 e. The van der Waals surface area contributed by atoms with Crippen LogP contribution in [0.4, 0.5) is 13.2 Å². The molecule has 1 aliphatic heterocycles. The number of carbonyl (C=O) groups excluding carboxylic acids is 1. The highest BCUT2D eigenvalue weighted by atomic mass is 19.4. The van der Waals surface area contributed by atoms with Gasteiger partial charge in [-0.05, 0) is 13.3 Å². The van der Waals surface area contributed by atoms with Crippen molar-refractivity contribution in [2.24, 2.45) is 0 Å². The molecule has 0 aliphatic carbocycles. The average molecular weight is 259 g/mol. The summed E-state index contributed by atoms with van der Waals surface area (Å²) in [6.45, 7) is 1.76. The van der Waals surface area contributed by atoms with Gasteiger partial charge in [0.1, 0.15) is 0 Å². The third-order valence-electron chi connectivity index (χ3n) is 2.92. The Hall–Kier alpha value is -1.79. The van der Waals surface area contributed by atoms with Crippen molar-refractivity contribution < 1.29 is 18.0 Å². The first-order valence-electron chi connectivity index (χ1n) is 5.45. The van der Waals surface area contributed by atoms with E-state index in [2.05, 4.69) is 10.2 Å². The molecule has 1 aliphatic rings. The maximum Gasteiger partial charge on any atom is 0.412 e. The standard InChI is InChI=1S/C11H12F3N3O/c1-7-9(6-15-16-7)10(18)17-4-2-8(3-5-17)11(12,13)14/h2,6H,3-5H2,1H3,(H,15,16). The van der Waals surface area contributed by atoms with Crippen LogP contribution in [-0.4, -0.2) is 40.3 Å². The van der Waals surface area contributed by atoms with Crippen molar-refractivity contribution in [1.82, 2.24) is 15.1 Å². The second-order valence-electron chi connectivity index (χ2n) is 4.14. The first kappa shape index (κ1) is 12.7. The van der Waals surface area contributed by atoms with Crippen LogP contribution < -0.4 is 0 Å². The van der Waals surface area contributed by atoms with Gasteiger partial charge in [0, 0.05) is 24.4 Å². The van der Waals surface area contributed by atoms with E-state index < -0.39 is 11.7 Å². The summed E-state index contributed by atoms with van der Waals surface area (Å²) in [5.41, 5.74) is 0.458. The number of carbonyl (C=O) groups is 1. The Morgan fingerprint density at radius 1 is 1.50 bits per heavy atom. The number of aromatic nitrogens is 2. The highest BCUT2D eigenvalue weighted by Gasteiger charge is 2.35. The molecule has 0 fully saturated rings. The summed E-state index contributed by atoms with van der Waals surface area (Å²) in [4.78, 5) is 13.4. The molecule has 0 aromatic carbocycles. The first-order valence-corrected chi connectivity index (χ1v) is 5.45. The van der Waals surface area contributed by atoms with Crippen LogP contribution >= 0.6 is 0 Å². The molecular formula is C11H12F3N3O. The lowest BCUT2D eigenvalue weighted by Crippen LogP contribution is -2.36. The Morgan fingerprint density at radius 3 is 2.67 bits per heavy atom. The molecule has 0 spiro atoms. The highest BCUT2D eigenvalue weighted by Crippen LogP contribution is 2.30. The molecule has 1 aromatic heterocycles. The van der Waals surface area contributed by atoms with Gasteiger partial charge in [0.05, 0.1) is 11.8 Å². The van der Waals surface area contributed by atoms with E-state index in [1.807, 2.05) is 0 Å². The molecule has 98 valence electrons. The zero-order valence-corrected chi connectivity index (χ0v) is 9.71. The molecule has 0 radical (unpaired) electrons. The SMILES string of the molecule is Cc1[nH]ncc1C(=O)N1CC=C(C(F)(F)F)CC1. The molecule has 2 rings (SSSR count). The molecular weight excluding hydrogens is 247 g/mol. The lowest BCUT2D eigenvalue weighted by molar-refractivity contribution is -0.0957. The van der Waals surface area contributed by atoms with E-state index in [4.69, 9.17) is 0 Å². The van der Waals surface area contributed by atoms with Gasteiger partial charge in [0.25, 0.3) is 5.91 Å². The maximum absolute atomic E-state index is 12.4. The van der Waals surface area contributed by atoms with Crippen molar-refractivity contribution in [2.45, 2.75) is 19.5 Å². The Kier molecular flexibility index (Phi) is 3.14. The number of aryl methyl sites for hydroxylation is 1. The fourth-order valence-corrected chi connectivity index (χ4v) is 1.85. The van der Waals surface area contributed by atoms with E-state index in [-0.39, 0.29) is 25.4 Å². The van der Waals surface area contributed by atoms with Crippen LogP contribution in [0.2, 0.25) is 0 Å². The normalized spacial score (nSPS) is 16.7. The van der Waals surface area contributed by atoms with Crippen molar-refractivity contribution >= 4 is 5.91 Å². The van der Waals surface area contributed by atoms with E-state index in [1.54, 1.807) is 6.92 Å². The predicted octanol–water partition coefficient (Wildman–Crippen LogP) is 2.05. The molecule has 7 heteroatoms. The number of rotatable bonds is 1. The van der Waals surface area contributed by atoms with Crippen molar-refractivity contribution in [2.75, 3.05) is 13.1 Å². The Labute approximate surface area is 101 Å². The number of nitrogens with zero attached hydrogens (tertiary/aromatic N) is 2. The van der Waals surface area contributed by atoms with Crippen LogP contribution in [0.3, 0.4) is 0 Å². The largest absolute Gasteiger partial charge is 0.412 e. The van der Waals surface area contributed by atoms with E-state index in [0.717, 1.165) is 6.08 Å². The molecule has 0 bridgehead atoms. The molecule has 1 N–H and O–H groups in total. The van der Waals surface area contributed by atoms with Crippen molar-refractivity contribution in [3.05, 3.63) is 29.1 Å². The zero-order chi connectivity index (χ0) is 13.3. The minimum atomic E-state index is -4.29. The topological polar surface area (TPSA) is 49.0 Å². The number of aromatic amines is 1. The fourth-order valence-electron chi connectivity index (χ4n) is 1.85. The van der Waals surface area contributed by atoms with Crippen LogP contribution in [0.5, 0.6) is 0 Å². The molecule has 4 nitrogen and oxygen atoms in total. The lowest BCUT2D eigenvalue weighted by atomic mass is 10.1. The van der Waals surface area contributed by atoms with Gasteiger partial charge >= 0.3 is 6.18 Å². The molecule has 0 atom stereocenters. The second-order valence-corrected chi connectivity index (χ2v) is 4.14. The van der Waals surface area contributed by atoms with E-state index in [9.17, 15) is 18.0 Å². The minimum absolute atomic E-state index is 0.0156. The molecule has 0 saturated heterocycles. The van der Waals surface area contributed by atoms with Crippen molar-refractivity contribution in [3.63, 3.8) is 0 Å². The van der Waals surface area contributed by atoms with Gasteiger partial charge < -0.3 is 4.90 Å². The van der Waals surface area contributed by atoms with Gasteiger partial charge in [-0.15, -0.1) is 0 Å². The summed E-state index contributed by atoms with van der Waals surface area (Å²) in [6, 6.07) is 0. The van der Waals surface area contributed by atoms with Gasteiger partial charge in [-0.25, -0.2) is 0 Å². The second kappa shape index (κ2) is 4.47. The van der Waals surface area contributed by atoms with Gasteiger partial charge in [0.15, 0.2) is 0 Å². The molecule has 0 unspecified atom stereocenters. The summed E-state index contributed by atoms with van der Waals surface area (Å²) in [6.07, 6.45) is -2.00. The Bertz CT molecular complexity index is 490. The van der Waals surface area contributed by atoms with Crippen LogP contribution in [-0.2, 0) is 0 Å². The van der Waals surface area contributed by atoms with Gasteiger partial charge in [-0.1, -0.05) is 6.08 Å². The van der Waals surface area contributed by atoms with E-state index in [0.29, 0.717) is 11.3 Å². The van der Waals surface area contributed by atoms with E-state index in [1.165, 1.54) is 11.1 Å². The van der Waals surface area contributed by atoms with Gasteiger partial charge in [0.2, 0.25) is 0 Å². The van der Waals surface area contributed by atoms with Crippen LogP contribution in [0, 0.1) is 6.92 Å². The quantitative estimate of drug-likeness (QED) is 0.785. The third-order valence-corrected chi connectivity index (χ3v) is 2.92. The molecule has 1 amide bonds. The highest BCUT2D eigenvalue weighted by molar-refractivity contribution is 5.95. The lowest BCUT2D eigenvalue weighted by Gasteiger charge is -2.27. The summed E-state index contributed by atoms with van der Waals surface area (Å²) in [7, 11) is 0. The third kappa shape index (κ3) is 2.39. The van der Waals surface area contributed by atoms with Crippen LogP contribution in [0.15, 0.2) is 17.8 Å². The van der Waals surface area contributed by atoms with Crippen molar-refractivity contribution in [3.8, 4) is 0 Å². The summed E-state index contributed by atoms with van der Waals surface area (Å²) in [5, 5.41) is 6.35. The fraction of sp³-hybridized carbons (Fsp3) is 0.455. The zero-order valence-electron chi connectivity index (χ0n) is 9.71. The summed E-state index contributed by atoms with van der Waals surface area (Å²) < 4.78 is 37.3. The van der Waals surface area contributed by atoms with E-state index >= 15 is 0 Å². The number of halogens is 3. The molecule has 2 heterocycles. The van der Waals surface area contributed by atoms with Crippen LogP contribution in [0.25, 0.3) is 0 Å². The monoisotopic (exact) mass is 259 g/mol. The van der Waals surface area contributed by atoms with Crippen LogP contribution in [0.1, 0.15) is 22.5 Å². The maximum atomic E-state index is 12.4. The minimum Gasteiger partial charge on any atom is -0.334 e. The number of hydrogen-bond acceptors (Lipinski definition) is 2. The number of nitrogens with one attached hydrogen (secondary N) is 1. The molecule has 0 saturated carbocycles. The first-order chi connectivity index (χ1) is 8.39. The van der Waals surface area contributed by atoms with Crippen molar-refractivity contribution in [1.29, 1.82) is 0 Å². The number of H-pyrrole nitrogens is 1. The van der Waals surface area contributed by atoms with Gasteiger partial charge in [-0.2, -0.15) is 18.3 Å². The number of alkyl halides is 3. The Balaban J connectivity index is 2.09. The average Bonchev–Trinajstić information content (AvgIpc) is 2.73. The number of hydrogen-bond donors (Lipinski definition) is 1. The molecule has 1 aromatic rings. The molecule has 18 heavy (non-hydrogen) atoms. The predicted molar refractivity (Wildman–Crippen MR) is 58.0 cm³/mol. The summed E-state index contributed by atoms with van der Waals surface area (Å²) >= 11 is 0. The Morgan fingerprint density at radius 2 is 2.22 bits per heavy atom. The summed E-state index contributed by atoms with van der Waals surface area (Å²) in [5.74, 6) is -0.293. The number of amides is 1. The van der Waals surface area contributed by atoms with Gasteiger partial charge in [-0.3, -0.25) is 9.89 Å².